The Morgan fingerprint density at radius 2 is 1.58 bits per heavy atom. The van der Waals surface area contributed by atoms with Gasteiger partial charge < -0.3 is 9.47 Å². The molecule has 6 rings (SSSR count). The third-order valence-electron chi connectivity index (χ3n) is 7.54. The van der Waals surface area contributed by atoms with Crippen molar-refractivity contribution in [3.63, 3.8) is 0 Å². The van der Waals surface area contributed by atoms with Crippen LogP contribution in [0.3, 0.4) is 0 Å². The third-order valence-corrected chi connectivity index (χ3v) is 7.54. The second-order valence-electron chi connectivity index (χ2n) is 9.74. The van der Waals surface area contributed by atoms with Crippen molar-refractivity contribution in [2.75, 3.05) is 13.1 Å². The topological polar surface area (TPSA) is 55.2 Å². The summed E-state index contributed by atoms with van der Waals surface area (Å²) >= 11 is 0. The Bertz CT molecular complexity index is 1550. The Morgan fingerprint density at radius 1 is 0.895 bits per heavy atom. The molecule has 1 aliphatic heterocycles. The monoisotopic (exact) mass is 515 g/mol. The van der Waals surface area contributed by atoms with E-state index in [0.717, 1.165) is 23.0 Å². The highest BCUT2D eigenvalue weighted by atomic mass is 19.4. The van der Waals surface area contributed by atoms with Crippen LogP contribution >= 0.6 is 0 Å². The van der Waals surface area contributed by atoms with Crippen molar-refractivity contribution in [1.29, 1.82) is 0 Å². The van der Waals surface area contributed by atoms with Crippen LogP contribution in [0.15, 0.2) is 79.1 Å². The largest absolute Gasteiger partial charge is 0.416 e. The molecule has 1 fully saturated rings. The van der Waals surface area contributed by atoms with Gasteiger partial charge in [0.15, 0.2) is 5.78 Å². The van der Waals surface area contributed by atoms with Gasteiger partial charge in [-0.3, -0.25) is 9.59 Å². The van der Waals surface area contributed by atoms with E-state index in [0.29, 0.717) is 42.6 Å². The van der Waals surface area contributed by atoms with Gasteiger partial charge in [0.2, 0.25) is 0 Å². The van der Waals surface area contributed by atoms with Gasteiger partial charge in [-0.15, -0.1) is 0 Å². The average molecular weight is 516 g/mol. The smallest absolute Gasteiger partial charge is 0.339 e. The standard InChI is InChI=1S/C30H24F3N3O2/c31-30(32,33)25-11-4-1-6-20(25)18-36-17-14-34-28(36)19-12-15-35(16-13-19)29(38)24-10-5-9-22-21-7-2-3-8-23(21)27(37)26(22)24/h1-11,14,17,19H,12-13,15-16,18H2. The van der Waals surface area contributed by atoms with E-state index in [1.807, 2.05) is 30.3 Å². The number of benzene rings is 3. The maximum atomic E-state index is 13.5. The normalized spacial score (nSPS) is 15.4. The fourth-order valence-electron chi connectivity index (χ4n) is 5.69. The third kappa shape index (κ3) is 4.10. The number of rotatable bonds is 4. The number of ketones is 1. The summed E-state index contributed by atoms with van der Waals surface area (Å²) in [6, 6.07) is 18.4. The van der Waals surface area contributed by atoms with E-state index in [-0.39, 0.29) is 29.7 Å². The number of hydrogen-bond donors (Lipinski definition) is 0. The number of halogens is 3. The van der Waals surface area contributed by atoms with Gasteiger partial charge in [-0.2, -0.15) is 13.2 Å². The molecule has 3 aromatic carbocycles. The van der Waals surface area contributed by atoms with E-state index in [1.165, 1.54) is 12.1 Å². The number of fused-ring (bicyclic) bond motifs is 3. The van der Waals surface area contributed by atoms with Gasteiger partial charge in [0, 0.05) is 49.1 Å². The summed E-state index contributed by atoms with van der Waals surface area (Å²) in [5.74, 6) is 0.430. The van der Waals surface area contributed by atoms with Crippen molar-refractivity contribution in [3.8, 4) is 11.1 Å². The van der Waals surface area contributed by atoms with E-state index in [1.54, 1.807) is 40.1 Å². The summed E-state index contributed by atoms with van der Waals surface area (Å²) in [5, 5.41) is 0. The molecule has 0 spiro atoms. The molecule has 1 aromatic heterocycles. The number of imidazole rings is 1. The minimum Gasteiger partial charge on any atom is -0.339 e. The zero-order chi connectivity index (χ0) is 26.4. The second-order valence-corrected chi connectivity index (χ2v) is 9.74. The molecule has 2 aliphatic rings. The van der Waals surface area contributed by atoms with Crippen LogP contribution in [0.5, 0.6) is 0 Å². The lowest BCUT2D eigenvalue weighted by Gasteiger charge is -2.32. The molecule has 8 heteroatoms. The SMILES string of the molecule is O=C1c2ccccc2-c2cccc(C(=O)N3CCC(c4nccn4Cc4ccccc4C(F)(F)F)CC3)c21. The number of amides is 1. The first kappa shape index (κ1) is 24.2. The number of alkyl halides is 3. The van der Waals surface area contributed by atoms with Crippen molar-refractivity contribution in [2.45, 2.75) is 31.5 Å². The van der Waals surface area contributed by atoms with Crippen molar-refractivity contribution in [3.05, 3.63) is 113 Å². The number of carbonyl (C=O) groups is 2. The molecule has 0 bridgehead atoms. The zero-order valence-corrected chi connectivity index (χ0v) is 20.4. The van der Waals surface area contributed by atoms with E-state index >= 15 is 0 Å². The van der Waals surface area contributed by atoms with Gasteiger partial charge in [0.25, 0.3) is 5.91 Å². The van der Waals surface area contributed by atoms with Crippen LogP contribution in [-0.2, 0) is 12.7 Å². The van der Waals surface area contributed by atoms with E-state index in [9.17, 15) is 22.8 Å². The van der Waals surface area contributed by atoms with Gasteiger partial charge in [-0.1, -0.05) is 54.6 Å². The maximum absolute atomic E-state index is 13.5. The Morgan fingerprint density at radius 3 is 2.34 bits per heavy atom. The van der Waals surface area contributed by atoms with Crippen LogP contribution in [-0.4, -0.2) is 39.2 Å². The lowest BCUT2D eigenvalue weighted by molar-refractivity contribution is -0.138. The summed E-state index contributed by atoms with van der Waals surface area (Å²) in [4.78, 5) is 32.9. The number of hydrogen-bond acceptors (Lipinski definition) is 3. The Labute approximate surface area is 217 Å². The zero-order valence-electron chi connectivity index (χ0n) is 20.4. The second kappa shape index (κ2) is 9.28. The quantitative estimate of drug-likeness (QED) is 0.287. The van der Waals surface area contributed by atoms with Gasteiger partial charge in [-0.05, 0) is 41.7 Å². The molecule has 192 valence electrons. The minimum atomic E-state index is -4.43. The molecule has 2 heterocycles. The number of nitrogens with zero attached hydrogens (tertiary/aromatic N) is 3. The first-order valence-electron chi connectivity index (χ1n) is 12.6. The molecule has 1 aliphatic carbocycles. The van der Waals surface area contributed by atoms with Crippen LogP contribution in [0.1, 0.15) is 62.0 Å². The van der Waals surface area contributed by atoms with Crippen LogP contribution in [0.4, 0.5) is 13.2 Å². The van der Waals surface area contributed by atoms with Gasteiger partial charge >= 0.3 is 6.18 Å². The average Bonchev–Trinajstić information content (AvgIpc) is 3.51. The lowest BCUT2D eigenvalue weighted by Crippen LogP contribution is -2.39. The molecule has 4 aromatic rings. The van der Waals surface area contributed by atoms with Crippen molar-refractivity contribution in [1.82, 2.24) is 14.5 Å². The predicted octanol–water partition coefficient (Wildman–Crippen LogP) is 6.18. The fraction of sp³-hybridized carbons (Fsp3) is 0.233. The Balaban J connectivity index is 1.18. The molecule has 38 heavy (non-hydrogen) atoms. The van der Waals surface area contributed by atoms with E-state index < -0.39 is 11.7 Å². The summed E-state index contributed by atoms with van der Waals surface area (Å²) in [6.45, 7) is 1.02. The van der Waals surface area contributed by atoms with Gasteiger partial charge in [-0.25, -0.2) is 4.98 Å². The predicted molar refractivity (Wildman–Crippen MR) is 136 cm³/mol. The molecule has 0 unspecified atom stereocenters. The maximum Gasteiger partial charge on any atom is 0.416 e. The first-order valence-corrected chi connectivity index (χ1v) is 12.6. The molecule has 5 nitrogen and oxygen atoms in total. The van der Waals surface area contributed by atoms with E-state index in [4.69, 9.17) is 0 Å². The van der Waals surface area contributed by atoms with Crippen LogP contribution in [0.25, 0.3) is 11.1 Å². The summed E-state index contributed by atoms with van der Waals surface area (Å²) < 4.78 is 42.2. The molecule has 1 amide bonds. The summed E-state index contributed by atoms with van der Waals surface area (Å²) in [7, 11) is 0. The molecule has 1 saturated heterocycles. The van der Waals surface area contributed by atoms with Gasteiger partial charge in [0.1, 0.15) is 5.82 Å². The van der Waals surface area contributed by atoms with Gasteiger partial charge in [0.05, 0.1) is 11.1 Å². The first-order chi connectivity index (χ1) is 18.3. The van der Waals surface area contributed by atoms with E-state index in [2.05, 4.69) is 4.98 Å². The highest BCUT2D eigenvalue weighted by Gasteiger charge is 2.35. The summed E-state index contributed by atoms with van der Waals surface area (Å²) in [6.07, 6.45) is 0.152. The molecule has 0 radical (unpaired) electrons. The molecule has 0 N–H and O–H groups in total. The molecular weight excluding hydrogens is 491 g/mol. The molecular formula is C30H24F3N3O2. The highest BCUT2D eigenvalue weighted by molar-refractivity contribution is 6.25. The number of aromatic nitrogens is 2. The van der Waals surface area contributed by atoms with Crippen molar-refractivity contribution in [2.24, 2.45) is 0 Å². The van der Waals surface area contributed by atoms with Crippen LogP contribution < -0.4 is 0 Å². The number of likely N-dealkylation sites (tertiary alicyclic amines) is 1. The Kier molecular flexibility index (Phi) is 5.90. The summed E-state index contributed by atoms with van der Waals surface area (Å²) in [5.41, 5.74) is 2.66. The molecule has 0 saturated carbocycles. The highest BCUT2D eigenvalue weighted by Crippen LogP contribution is 2.39. The lowest BCUT2D eigenvalue weighted by atomic mass is 9.94. The fourth-order valence-corrected chi connectivity index (χ4v) is 5.69. The van der Waals surface area contributed by atoms with Crippen LogP contribution in [0.2, 0.25) is 0 Å². The molecule has 0 atom stereocenters. The van der Waals surface area contributed by atoms with Crippen molar-refractivity contribution < 1.29 is 22.8 Å². The van der Waals surface area contributed by atoms with Crippen LogP contribution in [0, 0.1) is 0 Å². The Hall–Kier alpha value is -4.20. The minimum absolute atomic E-state index is 0.0134. The number of carbonyl (C=O) groups excluding carboxylic acids is 2. The number of piperidine rings is 1. The van der Waals surface area contributed by atoms with Crippen molar-refractivity contribution >= 4 is 11.7 Å².